The summed E-state index contributed by atoms with van der Waals surface area (Å²) in [6, 6.07) is 9.07. The highest BCUT2D eigenvalue weighted by atomic mass is 16.2. The van der Waals surface area contributed by atoms with Crippen LogP contribution in [0.2, 0.25) is 0 Å². The number of amides is 1. The monoisotopic (exact) mass is 217 g/mol. The number of carbonyl (C=O) groups is 2. The van der Waals surface area contributed by atoms with E-state index < -0.39 is 0 Å². The number of nitrogens with one attached hydrogen (secondary N) is 1. The Labute approximate surface area is 95.2 Å². The Bertz CT molecular complexity index is 429. The van der Waals surface area contributed by atoms with Gasteiger partial charge in [0, 0.05) is 5.69 Å². The van der Waals surface area contributed by atoms with Gasteiger partial charge < -0.3 is 5.32 Å². The van der Waals surface area contributed by atoms with Gasteiger partial charge in [0.2, 0.25) is 0 Å². The first-order valence-corrected chi connectivity index (χ1v) is 5.07. The minimum absolute atomic E-state index is 0.214. The topological polar surface area (TPSA) is 46.2 Å². The molecule has 84 valence electrons. The molecule has 1 N–H and O–H groups in total. The van der Waals surface area contributed by atoms with Crippen LogP contribution in [0.15, 0.2) is 41.5 Å². The number of para-hydroxylation sites is 1. The Balaban J connectivity index is 2.88. The van der Waals surface area contributed by atoms with Crippen LogP contribution in [0.3, 0.4) is 0 Å². The molecule has 0 aliphatic carbocycles. The van der Waals surface area contributed by atoms with E-state index in [0.29, 0.717) is 5.69 Å². The fraction of sp³-hybridized carbons (Fsp3) is 0.231. The van der Waals surface area contributed by atoms with Crippen LogP contribution < -0.4 is 5.32 Å². The molecule has 1 aromatic carbocycles. The molecule has 1 rings (SSSR count). The zero-order valence-corrected chi connectivity index (χ0v) is 9.70. The molecule has 0 saturated carbocycles. The molecular formula is C13H15NO2. The number of benzene rings is 1. The maximum atomic E-state index is 11.8. The first-order chi connectivity index (χ1) is 7.52. The average molecular weight is 217 g/mol. The molecule has 3 heteroatoms. The second-order valence-electron chi connectivity index (χ2n) is 3.75. The number of anilines is 1. The third-order valence-corrected chi connectivity index (χ3v) is 2.11. The van der Waals surface area contributed by atoms with Crippen molar-refractivity contribution in [3.8, 4) is 0 Å². The summed E-state index contributed by atoms with van der Waals surface area (Å²) in [4.78, 5) is 23.1. The quantitative estimate of drug-likeness (QED) is 0.480. The van der Waals surface area contributed by atoms with Gasteiger partial charge in [-0.3, -0.25) is 9.59 Å². The van der Waals surface area contributed by atoms with Gasteiger partial charge in [0.1, 0.15) is 0 Å². The Morgan fingerprint density at radius 3 is 2.00 bits per heavy atom. The Hall–Kier alpha value is -1.90. The predicted molar refractivity (Wildman–Crippen MR) is 64.1 cm³/mol. The van der Waals surface area contributed by atoms with E-state index in [1.165, 1.54) is 6.92 Å². The van der Waals surface area contributed by atoms with Crippen molar-refractivity contribution in [1.29, 1.82) is 0 Å². The van der Waals surface area contributed by atoms with Gasteiger partial charge in [0.05, 0.1) is 5.57 Å². The van der Waals surface area contributed by atoms with Crippen LogP contribution in [0, 0.1) is 0 Å². The second-order valence-corrected chi connectivity index (χ2v) is 3.75. The van der Waals surface area contributed by atoms with E-state index in [1.807, 2.05) is 18.2 Å². The number of rotatable bonds is 3. The van der Waals surface area contributed by atoms with Gasteiger partial charge in [-0.1, -0.05) is 23.8 Å². The third-order valence-electron chi connectivity index (χ3n) is 2.11. The SMILES string of the molecule is CC(=O)C(C(=O)Nc1ccccc1)=C(C)C. The number of carbonyl (C=O) groups excluding carboxylic acids is 2. The van der Waals surface area contributed by atoms with Crippen LogP contribution in [0.25, 0.3) is 0 Å². The van der Waals surface area contributed by atoms with E-state index >= 15 is 0 Å². The van der Waals surface area contributed by atoms with Crippen LogP contribution in [-0.2, 0) is 9.59 Å². The Morgan fingerprint density at radius 2 is 1.56 bits per heavy atom. The minimum atomic E-state index is -0.348. The molecule has 1 amide bonds. The predicted octanol–water partition coefficient (Wildman–Crippen LogP) is 2.55. The average Bonchev–Trinajstić information content (AvgIpc) is 2.17. The second kappa shape index (κ2) is 5.26. The van der Waals surface area contributed by atoms with Crippen molar-refractivity contribution in [1.82, 2.24) is 0 Å². The number of allylic oxidation sites excluding steroid dienone is 1. The first kappa shape index (κ1) is 12.2. The molecule has 1 aromatic rings. The molecule has 0 atom stereocenters. The molecule has 0 spiro atoms. The summed E-state index contributed by atoms with van der Waals surface area (Å²) in [5, 5.41) is 2.69. The maximum absolute atomic E-state index is 11.8. The molecular weight excluding hydrogens is 202 g/mol. The molecule has 0 fully saturated rings. The molecule has 0 heterocycles. The Kier molecular flexibility index (Phi) is 4.00. The summed E-state index contributed by atoms with van der Waals surface area (Å²) in [5.41, 5.74) is 1.64. The van der Waals surface area contributed by atoms with Crippen molar-refractivity contribution >= 4 is 17.4 Å². The van der Waals surface area contributed by atoms with Gasteiger partial charge in [-0.25, -0.2) is 0 Å². The van der Waals surface area contributed by atoms with Gasteiger partial charge >= 0.3 is 0 Å². The lowest BCUT2D eigenvalue weighted by Crippen LogP contribution is -2.20. The lowest BCUT2D eigenvalue weighted by atomic mass is 10.1. The fourth-order valence-electron chi connectivity index (χ4n) is 1.45. The number of hydrogen-bond donors (Lipinski definition) is 1. The molecule has 0 saturated heterocycles. The van der Waals surface area contributed by atoms with Crippen LogP contribution in [0.1, 0.15) is 20.8 Å². The van der Waals surface area contributed by atoms with E-state index in [0.717, 1.165) is 5.57 Å². The largest absolute Gasteiger partial charge is 0.322 e. The van der Waals surface area contributed by atoms with Crippen LogP contribution in [0.5, 0.6) is 0 Å². The van der Waals surface area contributed by atoms with Crippen LogP contribution in [-0.4, -0.2) is 11.7 Å². The van der Waals surface area contributed by atoms with E-state index in [2.05, 4.69) is 5.32 Å². The van der Waals surface area contributed by atoms with Gasteiger partial charge in [-0.05, 0) is 32.9 Å². The number of hydrogen-bond acceptors (Lipinski definition) is 2. The van der Waals surface area contributed by atoms with Crippen molar-refractivity contribution in [2.75, 3.05) is 5.32 Å². The normalized spacial score (nSPS) is 9.44. The van der Waals surface area contributed by atoms with Gasteiger partial charge in [0.25, 0.3) is 5.91 Å². The highest BCUT2D eigenvalue weighted by Crippen LogP contribution is 2.10. The van der Waals surface area contributed by atoms with Crippen molar-refractivity contribution in [3.63, 3.8) is 0 Å². The summed E-state index contributed by atoms with van der Waals surface area (Å²) < 4.78 is 0. The van der Waals surface area contributed by atoms with E-state index in [-0.39, 0.29) is 17.3 Å². The molecule has 16 heavy (non-hydrogen) atoms. The molecule has 0 radical (unpaired) electrons. The lowest BCUT2D eigenvalue weighted by Gasteiger charge is -2.07. The fourth-order valence-corrected chi connectivity index (χ4v) is 1.45. The molecule has 0 unspecified atom stereocenters. The smallest absolute Gasteiger partial charge is 0.259 e. The number of Topliss-reactive ketones (excluding diaryl/α,β-unsaturated/α-hetero) is 1. The zero-order chi connectivity index (χ0) is 12.1. The summed E-state index contributed by atoms with van der Waals surface area (Å²) in [5.74, 6) is -0.563. The molecule has 0 aromatic heterocycles. The van der Waals surface area contributed by atoms with Crippen molar-refractivity contribution in [2.24, 2.45) is 0 Å². The van der Waals surface area contributed by atoms with Gasteiger partial charge in [0.15, 0.2) is 5.78 Å². The number of ketones is 1. The highest BCUT2D eigenvalue weighted by Gasteiger charge is 2.15. The first-order valence-electron chi connectivity index (χ1n) is 5.07. The van der Waals surface area contributed by atoms with Gasteiger partial charge in [-0.2, -0.15) is 0 Å². The van der Waals surface area contributed by atoms with E-state index in [4.69, 9.17) is 0 Å². The van der Waals surface area contributed by atoms with Crippen molar-refractivity contribution in [2.45, 2.75) is 20.8 Å². The van der Waals surface area contributed by atoms with Gasteiger partial charge in [-0.15, -0.1) is 0 Å². The summed E-state index contributed by atoms with van der Waals surface area (Å²) in [6.45, 7) is 4.90. The lowest BCUT2D eigenvalue weighted by molar-refractivity contribution is -0.119. The molecule has 0 aliphatic rings. The standard InChI is InChI=1S/C13H15NO2/c1-9(2)12(10(3)15)13(16)14-11-7-5-4-6-8-11/h4-8H,1-3H3,(H,14,16). The molecule has 0 aliphatic heterocycles. The van der Waals surface area contributed by atoms with Crippen molar-refractivity contribution in [3.05, 3.63) is 41.5 Å². The van der Waals surface area contributed by atoms with Crippen LogP contribution >= 0.6 is 0 Å². The van der Waals surface area contributed by atoms with Crippen LogP contribution in [0.4, 0.5) is 5.69 Å². The summed E-state index contributed by atoms with van der Waals surface area (Å²) >= 11 is 0. The third kappa shape index (κ3) is 3.05. The minimum Gasteiger partial charge on any atom is -0.322 e. The summed E-state index contributed by atoms with van der Waals surface area (Å²) in [7, 11) is 0. The Morgan fingerprint density at radius 1 is 1.00 bits per heavy atom. The summed E-state index contributed by atoms with van der Waals surface area (Å²) in [6.07, 6.45) is 0. The zero-order valence-electron chi connectivity index (χ0n) is 9.70. The molecule has 0 bridgehead atoms. The van der Waals surface area contributed by atoms with E-state index in [9.17, 15) is 9.59 Å². The highest BCUT2D eigenvalue weighted by molar-refractivity contribution is 6.23. The van der Waals surface area contributed by atoms with E-state index in [1.54, 1.807) is 26.0 Å². The molecule has 3 nitrogen and oxygen atoms in total. The van der Waals surface area contributed by atoms with Crippen molar-refractivity contribution < 1.29 is 9.59 Å². The maximum Gasteiger partial charge on any atom is 0.259 e.